The number of hydrogen-bond acceptors (Lipinski definition) is 7. The molecule has 2 atom stereocenters. The summed E-state index contributed by atoms with van der Waals surface area (Å²) in [6.07, 6.45) is 29.7. The van der Waals surface area contributed by atoms with Gasteiger partial charge in [-0.2, -0.15) is 12.6 Å². The third-order valence-corrected chi connectivity index (χ3v) is 9.61. The minimum absolute atomic E-state index is 0.0157. The number of carbonyl (C=O) groups excluding carboxylic acids is 4. The molecule has 0 heterocycles. The van der Waals surface area contributed by atoms with Crippen molar-refractivity contribution < 1.29 is 29.4 Å². The number of rotatable bonds is 34. The second kappa shape index (κ2) is 31.0. The van der Waals surface area contributed by atoms with Crippen LogP contribution in [-0.2, 0) is 19.2 Å². The Morgan fingerprint density at radius 2 is 0.870 bits per heavy atom. The molecule has 2 amide bonds. The van der Waals surface area contributed by atoms with Crippen LogP contribution in [0, 0.1) is 0 Å². The summed E-state index contributed by atoms with van der Waals surface area (Å²) >= 11 is 4.15. The number of imide groups is 1. The van der Waals surface area contributed by atoms with Crippen molar-refractivity contribution in [1.29, 1.82) is 0 Å². The van der Waals surface area contributed by atoms with E-state index in [0.717, 1.165) is 38.5 Å². The van der Waals surface area contributed by atoms with E-state index in [9.17, 15) is 29.4 Å². The van der Waals surface area contributed by atoms with Crippen LogP contribution >= 0.6 is 12.6 Å². The van der Waals surface area contributed by atoms with E-state index < -0.39 is 41.6 Å². The molecule has 0 bridgehead atoms. The first-order chi connectivity index (χ1) is 22.4. The number of amides is 2. The Hall–Kier alpha value is -1.25. The number of ketones is 1. The van der Waals surface area contributed by atoms with Gasteiger partial charge in [0, 0.05) is 18.6 Å². The van der Waals surface area contributed by atoms with E-state index in [1.165, 1.54) is 116 Å². The second-order valence-electron chi connectivity index (χ2n) is 13.3. The fraction of sp³-hybridized carbons (Fsp3) is 0.895. The minimum atomic E-state index is -2.35. The van der Waals surface area contributed by atoms with Gasteiger partial charge in [-0.25, -0.2) is 0 Å². The van der Waals surface area contributed by atoms with Crippen LogP contribution in [0.2, 0.25) is 0 Å². The molecule has 0 aliphatic heterocycles. The van der Waals surface area contributed by atoms with Gasteiger partial charge in [0.1, 0.15) is 6.10 Å². The molecule has 2 N–H and O–H groups in total. The Kier molecular flexibility index (Phi) is 30.2. The summed E-state index contributed by atoms with van der Waals surface area (Å²) in [6.45, 7) is 3.54. The molecule has 0 aromatic rings. The molecule has 0 saturated carbocycles. The smallest absolute Gasteiger partial charge is 0.236 e. The molecule has 0 fully saturated rings. The van der Waals surface area contributed by atoms with E-state index in [2.05, 4.69) is 26.5 Å². The molecular formula is C38H70NO6S. The highest BCUT2D eigenvalue weighted by atomic mass is 32.1. The second-order valence-corrected chi connectivity index (χ2v) is 13.6. The Morgan fingerprint density at radius 3 is 1.11 bits per heavy atom. The normalized spacial score (nSPS) is 13.3. The maximum atomic E-state index is 13.4. The first-order valence-corrected chi connectivity index (χ1v) is 19.7. The average Bonchev–Trinajstić information content (AvgIpc) is 3.06. The number of nitrogens with zero attached hydrogens (tertiary/aromatic N) is 1. The zero-order valence-electron chi connectivity index (χ0n) is 29.7. The molecule has 1 radical (unpaired) electrons. The fourth-order valence-electron chi connectivity index (χ4n) is 6.12. The lowest BCUT2D eigenvalue weighted by molar-refractivity contribution is -0.156. The Labute approximate surface area is 287 Å². The summed E-state index contributed by atoms with van der Waals surface area (Å²) in [5.41, 5.74) is -2.35. The molecular weight excluding hydrogens is 598 g/mol. The highest BCUT2D eigenvalue weighted by molar-refractivity contribution is 7.80. The number of thiol groups is 1. The molecule has 269 valence electrons. The first-order valence-electron chi connectivity index (χ1n) is 19.0. The van der Waals surface area contributed by atoms with Crippen molar-refractivity contribution >= 4 is 36.5 Å². The van der Waals surface area contributed by atoms with Crippen molar-refractivity contribution in [1.82, 2.24) is 4.90 Å². The topological polar surface area (TPSA) is 112 Å². The molecule has 0 saturated heterocycles. The molecule has 0 aliphatic rings. The molecule has 0 aliphatic carbocycles. The summed E-state index contributed by atoms with van der Waals surface area (Å²) in [5, 5.41) is 19.4. The van der Waals surface area contributed by atoms with E-state index in [-0.39, 0.29) is 12.8 Å². The van der Waals surface area contributed by atoms with Gasteiger partial charge in [0.15, 0.2) is 11.3 Å². The number of aliphatic hydroxyl groups is 2. The van der Waals surface area contributed by atoms with Crippen LogP contribution in [0.3, 0.4) is 0 Å². The van der Waals surface area contributed by atoms with Crippen molar-refractivity contribution in [3.05, 3.63) is 0 Å². The number of carbonyl (C=O) groups is 3. The molecule has 1 unspecified atom stereocenters. The first kappa shape index (κ1) is 44.8. The molecule has 0 aromatic heterocycles. The van der Waals surface area contributed by atoms with Gasteiger partial charge in [-0.1, -0.05) is 168 Å². The van der Waals surface area contributed by atoms with Crippen molar-refractivity contribution in [3.63, 3.8) is 0 Å². The van der Waals surface area contributed by atoms with Crippen LogP contribution in [0.5, 0.6) is 0 Å². The van der Waals surface area contributed by atoms with Gasteiger partial charge in [0.05, 0.1) is 6.61 Å². The summed E-state index contributed by atoms with van der Waals surface area (Å²) in [7, 11) is 0. The molecule has 7 nitrogen and oxygen atoms in total. The van der Waals surface area contributed by atoms with Gasteiger partial charge in [-0.05, 0) is 12.8 Å². The number of hydrogen-bond donors (Lipinski definition) is 3. The predicted molar refractivity (Wildman–Crippen MR) is 193 cm³/mol. The lowest BCUT2D eigenvalue weighted by Gasteiger charge is -2.36. The molecule has 0 spiro atoms. The van der Waals surface area contributed by atoms with Gasteiger partial charge >= 0.3 is 0 Å². The zero-order valence-corrected chi connectivity index (χ0v) is 30.6. The van der Waals surface area contributed by atoms with Crippen LogP contribution in [-0.4, -0.2) is 63.0 Å². The Balaban J connectivity index is 4.72. The quantitative estimate of drug-likeness (QED) is 0.0358. The van der Waals surface area contributed by atoms with Crippen LogP contribution in [0.1, 0.15) is 194 Å². The maximum absolute atomic E-state index is 13.4. The minimum Gasteiger partial charge on any atom is -0.393 e. The summed E-state index contributed by atoms with van der Waals surface area (Å²) in [4.78, 5) is 52.7. The Bertz CT molecular complexity index is 736. The zero-order chi connectivity index (χ0) is 34.3. The van der Waals surface area contributed by atoms with Crippen molar-refractivity contribution in [3.8, 4) is 0 Å². The predicted octanol–water partition coefficient (Wildman–Crippen LogP) is 9.00. The monoisotopic (exact) mass is 668 g/mol. The maximum Gasteiger partial charge on any atom is 0.236 e. The number of unbranched alkanes of at least 4 members (excludes halogenated alkanes) is 24. The van der Waals surface area contributed by atoms with E-state index in [1.807, 2.05) is 0 Å². The third kappa shape index (κ3) is 20.2. The van der Waals surface area contributed by atoms with Gasteiger partial charge in [-0.3, -0.25) is 24.1 Å². The van der Waals surface area contributed by atoms with Crippen LogP contribution in [0.4, 0.5) is 0 Å². The largest absolute Gasteiger partial charge is 0.393 e. The molecule has 0 aromatic carbocycles. The lowest BCUT2D eigenvalue weighted by atomic mass is 9.90. The highest BCUT2D eigenvalue weighted by Crippen LogP contribution is 2.24. The average molecular weight is 669 g/mol. The van der Waals surface area contributed by atoms with Crippen molar-refractivity contribution in [2.45, 2.75) is 205 Å². The van der Waals surface area contributed by atoms with Crippen LogP contribution in [0.15, 0.2) is 0 Å². The van der Waals surface area contributed by atoms with Crippen molar-refractivity contribution in [2.24, 2.45) is 0 Å². The standard InChI is InChI=1S/C38H70NO6S/c1-3-5-7-9-11-13-15-17-19-21-23-25-27-29-35(43)39(38(32-41,33-46)37(45)34(42)31-40)36(44)30-28-26-24-22-20-18-16-14-12-10-8-6-4-2/h34,40,42,46H,3-31,33H2,1-2H3/t34-,38?/m0/s1. The van der Waals surface area contributed by atoms with Gasteiger partial charge < -0.3 is 10.2 Å². The Morgan fingerprint density at radius 1 is 0.587 bits per heavy atom. The van der Waals surface area contributed by atoms with E-state index in [0.29, 0.717) is 17.7 Å². The number of Topliss-reactive ketones (excluding diaryl/α,β-unsaturated/α-hetero) is 1. The summed E-state index contributed by atoms with van der Waals surface area (Å²) in [5.74, 6) is -2.88. The SMILES string of the molecule is CCCCCCCCCCCCCCCC(=O)N(C(=O)CCCCCCCCCCCCCCC)C([C]=O)(CS)C(=O)[C@@H](O)CO. The fourth-order valence-corrected chi connectivity index (χ4v) is 6.48. The van der Waals surface area contributed by atoms with Crippen molar-refractivity contribution in [2.75, 3.05) is 12.4 Å². The van der Waals surface area contributed by atoms with Gasteiger partial charge in [0.2, 0.25) is 18.1 Å². The third-order valence-electron chi connectivity index (χ3n) is 9.15. The summed E-state index contributed by atoms with van der Waals surface area (Å²) < 4.78 is 0. The number of aliphatic hydroxyl groups excluding tert-OH is 2. The van der Waals surface area contributed by atoms with E-state index in [4.69, 9.17) is 0 Å². The molecule has 46 heavy (non-hydrogen) atoms. The van der Waals surface area contributed by atoms with Crippen LogP contribution in [0.25, 0.3) is 0 Å². The van der Waals surface area contributed by atoms with Gasteiger partial charge in [0.25, 0.3) is 0 Å². The molecule has 8 heteroatoms. The van der Waals surface area contributed by atoms with Crippen LogP contribution < -0.4 is 0 Å². The van der Waals surface area contributed by atoms with Gasteiger partial charge in [-0.15, -0.1) is 0 Å². The van der Waals surface area contributed by atoms with E-state index in [1.54, 1.807) is 6.29 Å². The highest BCUT2D eigenvalue weighted by Gasteiger charge is 2.51. The van der Waals surface area contributed by atoms with E-state index >= 15 is 0 Å². The lowest BCUT2D eigenvalue weighted by Crippen LogP contribution is -2.64. The molecule has 0 rings (SSSR count). The summed E-state index contributed by atoms with van der Waals surface area (Å²) in [6, 6.07) is 0.